The summed E-state index contributed by atoms with van der Waals surface area (Å²) in [5, 5.41) is 11.1. The molecule has 4 aliphatic rings. The van der Waals surface area contributed by atoms with Crippen molar-refractivity contribution in [2.24, 2.45) is 58.2 Å². The minimum atomic E-state index is -0.768. The molecule has 1 nitrogen and oxygen atoms in total. The third kappa shape index (κ3) is 4.82. The number of fused-ring (bicyclic) bond motifs is 5. The lowest BCUT2D eigenvalue weighted by Gasteiger charge is -2.63. The van der Waals surface area contributed by atoms with E-state index < -0.39 is 17.7 Å². The predicted molar refractivity (Wildman–Crippen MR) is 148 cm³/mol. The summed E-state index contributed by atoms with van der Waals surface area (Å²) in [6.07, 6.45) is 13.9. The summed E-state index contributed by atoms with van der Waals surface area (Å²) >= 11 is 0. The van der Waals surface area contributed by atoms with Gasteiger partial charge in [0.1, 0.15) is 0 Å². The Morgan fingerprint density at radius 2 is 1.57 bits per heavy atom. The molecule has 0 saturated heterocycles. The van der Waals surface area contributed by atoms with E-state index >= 15 is 0 Å². The Morgan fingerprint density at radius 1 is 0.865 bits per heavy atom. The van der Waals surface area contributed by atoms with E-state index in [4.69, 9.17) is 0 Å². The number of aliphatic hydroxyl groups excluding tert-OH is 1. The third-order valence-corrected chi connectivity index (χ3v) is 12.6. The van der Waals surface area contributed by atoms with Crippen molar-refractivity contribution in [1.29, 1.82) is 0 Å². The molecular formula is C34H52F2O. The smallest absolute Gasteiger partial charge is 0.162 e. The number of hydrogen-bond donors (Lipinski definition) is 1. The van der Waals surface area contributed by atoms with Gasteiger partial charge in [-0.2, -0.15) is 0 Å². The van der Waals surface area contributed by atoms with Crippen molar-refractivity contribution in [2.45, 2.75) is 118 Å². The van der Waals surface area contributed by atoms with Crippen molar-refractivity contribution >= 4 is 0 Å². The van der Waals surface area contributed by atoms with Gasteiger partial charge >= 0.3 is 0 Å². The zero-order valence-electron chi connectivity index (χ0n) is 24.1. The predicted octanol–water partition coefficient (Wildman–Crippen LogP) is 9.22. The van der Waals surface area contributed by atoms with E-state index in [2.05, 4.69) is 34.6 Å². The number of benzene rings is 1. The van der Waals surface area contributed by atoms with Gasteiger partial charge in [0.15, 0.2) is 11.6 Å². The van der Waals surface area contributed by atoms with Crippen LogP contribution >= 0.6 is 0 Å². The second-order valence-electron chi connectivity index (χ2n) is 14.8. The molecule has 0 heterocycles. The molecule has 4 saturated carbocycles. The molecule has 0 amide bonds. The summed E-state index contributed by atoms with van der Waals surface area (Å²) in [5.41, 5.74) is 1.13. The molecule has 0 radical (unpaired) electrons. The molecule has 10 atom stereocenters. The second-order valence-corrected chi connectivity index (χ2v) is 14.8. The topological polar surface area (TPSA) is 20.2 Å². The first kappa shape index (κ1) is 27.6. The van der Waals surface area contributed by atoms with Gasteiger partial charge in [-0.3, -0.25) is 0 Å². The minimum Gasteiger partial charge on any atom is -0.393 e. The van der Waals surface area contributed by atoms with Crippen LogP contribution < -0.4 is 0 Å². The van der Waals surface area contributed by atoms with Crippen LogP contribution in [0.4, 0.5) is 8.78 Å². The molecule has 0 unspecified atom stereocenters. The van der Waals surface area contributed by atoms with E-state index in [1.54, 1.807) is 12.1 Å². The highest BCUT2D eigenvalue weighted by Gasteiger charge is 2.61. The molecule has 3 heteroatoms. The molecule has 5 rings (SSSR count). The molecule has 4 fully saturated rings. The Hall–Kier alpha value is -0.960. The maximum absolute atomic E-state index is 14.6. The van der Waals surface area contributed by atoms with Gasteiger partial charge in [0, 0.05) is 0 Å². The van der Waals surface area contributed by atoms with Crippen LogP contribution in [0.1, 0.15) is 111 Å². The molecule has 4 aliphatic carbocycles. The number of halogens is 2. The summed E-state index contributed by atoms with van der Waals surface area (Å²) in [4.78, 5) is 0. The molecule has 37 heavy (non-hydrogen) atoms. The fourth-order valence-corrected chi connectivity index (χ4v) is 10.8. The maximum Gasteiger partial charge on any atom is 0.162 e. The van der Waals surface area contributed by atoms with Crippen LogP contribution in [0.15, 0.2) is 18.2 Å². The molecule has 208 valence electrons. The highest BCUT2D eigenvalue weighted by molar-refractivity contribution is 5.21. The largest absolute Gasteiger partial charge is 0.393 e. The molecule has 0 bridgehead atoms. The Bertz CT molecular complexity index is 944. The highest BCUT2D eigenvalue weighted by atomic mass is 19.2. The monoisotopic (exact) mass is 514 g/mol. The number of rotatable bonds is 7. The van der Waals surface area contributed by atoms with E-state index in [0.29, 0.717) is 29.2 Å². The van der Waals surface area contributed by atoms with Gasteiger partial charge in [0.2, 0.25) is 0 Å². The summed E-state index contributed by atoms with van der Waals surface area (Å²) in [5.74, 6) is 3.80. The van der Waals surface area contributed by atoms with E-state index in [0.717, 1.165) is 48.9 Å². The van der Waals surface area contributed by atoms with Crippen molar-refractivity contribution in [3.8, 4) is 0 Å². The molecule has 0 aliphatic heterocycles. The van der Waals surface area contributed by atoms with Crippen molar-refractivity contribution < 1.29 is 13.9 Å². The quantitative estimate of drug-likeness (QED) is 0.384. The van der Waals surface area contributed by atoms with Crippen molar-refractivity contribution in [3.05, 3.63) is 35.4 Å². The van der Waals surface area contributed by atoms with Gasteiger partial charge in [0.25, 0.3) is 0 Å². The lowest BCUT2D eigenvalue weighted by atomic mass is 9.42. The Balaban J connectivity index is 1.33. The first-order chi connectivity index (χ1) is 17.6. The van der Waals surface area contributed by atoms with Gasteiger partial charge in [-0.15, -0.1) is 0 Å². The van der Waals surface area contributed by atoms with Crippen LogP contribution in [0.2, 0.25) is 0 Å². The lowest BCUT2D eigenvalue weighted by molar-refractivity contribution is -0.152. The zero-order chi connectivity index (χ0) is 26.5. The average molecular weight is 515 g/mol. The van der Waals surface area contributed by atoms with E-state index in [-0.39, 0.29) is 11.3 Å². The molecule has 1 N–H and O–H groups in total. The average Bonchev–Trinajstić information content (AvgIpc) is 3.21. The summed E-state index contributed by atoms with van der Waals surface area (Å²) in [6.45, 7) is 12.4. The first-order valence-corrected chi connectivity index (χ1v) is 15.7. The van der Waals surface area contributed by atoms with Crippen LogP contribution in [-0.2, 0) is 6.42 Å². The molecule has 0 spiro atoms. The van der Waals surface area contributed by atoms with Crippen molar-refractivity contribution in [1.82, 2.24) is 0 Å². The van der Waals surface area contributed by atoms with Crippen molar-refractivity contribution in [2.75, 3.05) is 0 Å². The fourth-order valence-electron chi connectivity index (χ4n) is 10.8. The van der Waals surface area contributed by atoms with Gasteiger partial charge in [0.05, 0.1) is 6.10 Å². The normalized spacial score (nSPS) is 42.2. The summed E-state index contributed by atoms with van der Waals surface area (Å²) in [6, 6.07) is 4.53. The van der Waals surface area contributed by atoms with Crippen LogP contribution in [0.5, 0.6) is 0 Å². The lowest BCUT2D eigenvalue weighted by Crippen LogP contribution is -2.57. The standard InChI is InChI=1S/C34H52F2O/c1-21(2)8-6-9-22(3)26-14-15-27-24-12-13-28-25(20-23-10-7-11-30(35)32(23)36)31(37)17-19-34(28,5)29(24)16-18-33(26,27)4/h7,10-11,21-22,24-29,31,37H,6,8-9,12-20H2,1-5H3/t22-,24+,25+,26-,27+,28+,29+,31-,33-,34+/m1/s1. The van der Waals surface area contributed by atoms with E-state index in [9.17, 15) is 13.9 Å². The fraction of sp³-hybridized carbons (Fsp3) is 0.824. The van der Waals surface area contributed by atoms with Gasteiger partial charge < -0.3 is 5.11 Å². The Morgan fingerprint density at radius 3 is 2.32 bits per heavy atom. The molecular weight excluding hydrogens is 462 g/mol. The molecule has 0 aromatic heterocycles. The number of hydrogen-bond acceptors (Lipinski definition) is 1. The Kier molecular flexibility index (Phi) is 7.87. The van der Waals surface area contributed by atoms with E-state index in [1.165, 1.54) is 57.4 Å². The van der Waals surface area contributed by atoms with E-state index in [1.807, 2.05) is 0 Å². The minimum absolute atomic E-state index is 0.0293. The number of aliphatic hydroxyl groups is 1. The van der Waals surface area contributed by atoms with Crippen molar-refractivity contribution in [3.63, 3.8) is 0 Å². The van der Waals surface area contributed by atoms with Gasteiger partial charge in [-0.25, -0.2) is 8.78 Å². The second kappa shape index (κ2) is 10.5. The third-order valence-electron chi connectivity index (χ3n) is 12.6. The Labute approximate surface area is 225 Å². The maximum atomic E-state index is 14.6. The van der Waals surface area contributed by atoms with Crippen LogP contribution in [0.3, 0.4) is 0 Å². The SMILES string of the molecule is CC(C)CCC[C@@H](C)[C@H]1CC[C@H]2[C@@H]3CC[C@H]4[C@H](Cc5cccc(F)c5F)[C@H](O)CC[C@]4(C)[C@H]3CC[C@]12C. The zero-order valence-corrected chi connectivity index (χ0v) is 24.1. The van der Waals surface area contributed by atoms with Crippen LogP contribution in [-0.4, -0.2) is 11.2 Å². The summed E-state index contributed by atoms with van der Waals surface area (Å²) < 4.78 is 28.6. The first-order valence-electron chi connectivity index (χ1n) is 15.7. The molecule has 1 aromatic carbocycles. The van der Waals surface area contributed by atoms with Gasteiger partial charge in [-0.1, -0.05) is 66.0 Å². The van der Waals surface area contributed by atoms with Crippen LogP contribution in [0.25, 0.3) is 0 Å². The molecule has 1 aromatic rings. The van der Waals surface area contributed by atoms with Crippen LogP contribution in [0, 0.1) is 69.8 Å². The highest BCUT2D eigenvalue weighted by Crippen LogP contribution is 2.69. The summed E-state index contributed by atoms with van der Waals surface area (Å²) in [7, 11) is 0. The van der Waals surface area contributed by atoms with Gasteiger partial charge in [-0.05, 0) is 128 Å².